The van der Waals surface area contributed by atoms with E-state index in [4.69, 9.17) is 72.7 Å². The Kier molecular flexibility index (Phi) is 16.3. The standard InChI is InChI=1S/C38H43Cl3N2O15S/c1-5-59-36-28(43-33(48)23-13-9-10-14-24(23)34(43)49)32(29(47)25(57-36)16-51-15-22-11-7-6-8-12-22)58-35-27(42-37(50)53-18-38(39,40)41)31(55-21(4)46)30(54-20(3)45)26(56-35)17-52-19(2)44/h6-14,25-32,35-36,47H,5,15-18H2,1-4H3,(H,42,50)/t25-,26-,27-,28-,29-,30-,31-,32-,35+,36+/m1/s1. The number of hydrogen-bond donors (Lipinski definition) is 2. The second kappa shape index (κ2) is 20.7. The van der Waals surface area contributed by atoms with E-state index in [1.165, 1.54) is 23.9 Å². The first-order chi connectivity index (χ1) is 28.0. The quantitative estimate of drug-likeness (QED) is 0.113. The number of aliphatic hydroxyl groups is 1. The molecule has 0 aromatic heterocycles. The third-order valence-corrected chi connectivity index (χ3v) is 10.5. The lowest BCUT2D eigenvalue weighted by Gasteiger charge is -2.50. The Morgan fingerprint density at radius 1 is 0.814 bits per heavy atom. The topological polar surface area (TPSA) is 212 Å². The Morgan fingerprint density at radius 3 is 2.00 bits per heavy atom. The predicted octanol–water partition coefficient (Wildman–Crippen LogP) is 3.71. The lowest BCUT2D eigenvalue weighted by Crippen LogP contribution is -2.70. The van der Waals surface area contributed by atoms with Gasteiger partial charge in [0.2, 0.25) is 3.79 Å². The number of carbonyl (C=O) groups excluding carboxylic acids is 6. The molecule has 10 atom stereocenters. The van der Waals surface area contributed by atoms with Gasteiger partial charge in [-0.2, -0.15) is 0 Å². The molecule has 0 unspecified atom stereocenters. The molecule has 0 bridgehead atoms. The Hall–Kier alpha value is -3.72. The van der Waals surface area contributed by atoms with E-state index in [9.17, 15) is 33.9 Å². The van der Waals surface area contributed by atoms with E-state index in [0.29, 0.717) is 5.75 Å². The van der Waals surface area contributed by atoms with E-state index in [2.05, 4.69) is 5.32 Å². The van der Waals surface area contributed by atoms with E-state index >= 15 is 0 Å². The van der Waals surface area contributed by atoms with Gasteiger partial charge < -0.3 is 48.3 Å². The number of carbonyl (C=O) groups is 6. The summed E-state index contributed by atoms with van der Waals surface area (Å²) >= 11 is 18.6. The van der Waals surface area contributed by atoms with Crippen molar-refractivity contribution in [1.29, 1.82) is 0 Å². The highest BCUT2D eigenvalue weighted by molar-refractivity contribution is 7.99. The fraction of sp³-hybridized carbons (Fsp3) is 0.526. The summed E-state index contributed by atoms with van der Waals surface area (Å²) in [6, 6.07) is 12.3. The third-order valence-electron chi connectivity index (χ3n) is 9.13. The van der Waals surface area contributed by atoms with Crippen molar-refractivity contribution in [2.75, 3.05) is 25.6 Å². The number of alkyl carbamates (subject to hydrolysis) is 1. The molecule has 3 aliphatic rings. The van der Waals surface area contributed by atoms with Gasteiger partial charge >= 0.3 is 24.0 Å². The Balaban J connectivity index is 1.59. The molecule has 3 amide bonds. The van der Waals surface area contributed by atoms with Gasteiger partial charge in [-0.15, -0.1) is 11.8 Å². The second-order valence-electron chi connectivity index (χ2n) is 13.5. The van der Waals surface area contributed by atoms with Crippen molar-refractivity contribution in [3.8, 4) is 0 Å². The molecule has 0 spiro atoms. The molecule has 2 fully saturated rings. The molecule has 5 rings (SSSR count). The number of nitrogens with zero attached hydrogens (tertiary/aromatic N) is 1. The van der Waals surface area contributed by atoms with Crippen molar-refractivity contribution in [2.45, 2.75) is 98.5 Å². The molecule has 322 valence electrons. The van der Waals surface area contributed by atoms with Crippen molar-refractivity contribution in [1.82, 2.24) is 10.2 Å². The summed E-state index contributed by atoms with van der Waals surface area (Å²) < 4.78 is 44.7. The van der Waals surface area contributed by atoms with Crippen molar-refractivity contribution in [2.24, 2.45) is 0 Å². The number of rotatable bonds is 15. The largest absolute Gasteiger partial charge is 0.463 e. The summed E-state index contributed by atoms with van der Waals surface area (Å²) in [4.78, 5) is 79.5. The van der Waals surface area contributed by atoms with Gasteiger partial charge in [0.05, 0.1) is 24.3 Å². The van der Waals surface area contributed by atoms with Gasteiger partial charge in [-0.25, -0.2) is 4.79 Å². The minimum absolute atomic E-state index is 0.102. The highest BCUT2D eigenvalue weighted by atomic mass is 35.6. The third kappa shape index (κ3) is 12.0. The number of esters is 3. The number of benzene rings is 2. The number of aliphatic hydroxyl groups excluding tert-OH is 1. The second-order valence-corrected chi connectivity index (χ2v) is 17.4. The smallest absolute Gasteiger partial charge is 0.407 e. The maximum atomic E-state index is 14.1. The number of ether oxygens (including phenoxy) is 8. The van der Waals surface area contributed by atoms with E-state index in [0.717, 1.165) is 31.2 Å². The average Bonchev–Trinajstić information content (AvgIpc) is 3.42. The van der Waals surface area contributed by atoms with E-state index < -0.39 is 113 Å². The number of halogens is 3. The molecule has 21 heteroatoms. The molecule has 2 saturated heterocycles. The van der Waals surface area contributed by atoms with Crippen LogP contribution < -0.4 is 5.32 Å². The minimum Gasteiger partial charge on any atom is -0.463 e. The van der Waals surface area contributed by atoms with E-state index in [1.807, 2.05) is 37.3 Å². The molecule has 3 aliphatic heterocycles. The number of thioether (sulfide) groups is 1. The number of hydrogen-bond acceptors (Lipinski definition) is 16. The summed E-state index contributed by atoms with van der Waals surface area (Å²) in [6.07, 6.45) is -12.1. The zero-order valence-electron chi connectivity index (χ0n) is 32.2. The summed E-state index contributed by atoms with van der Waals surface area (Å²) in [5, 5.41) is 14.7. The minimum atomic E-state index is -2.05. The molecule has 0 aliphatic carbocycles. The molecule has 59 heavy (non-hydrogen) atoms. The van der Waals surface area contributed by atoms with Crippen molar-refractivity contribution in [3.05, 3.63) is 71.3 Å². The number of amides is 3. The molecule has 17 nitrogen and oxygen atoms in total. The lowest BCUT2D eigenvalue weighted by atomic mass is 9.94. The van der Waals surface area contributed by atoms with Crippen LogP contribution in [-0.2, 0) is 58.9 Å². The highest BCUT2D eigenvalue weighted by Crippen LogP contribution is 2.40. The van der Waals surface area contributed by atoms with Crippen LogP contribution in [0.2, 0.25) is 0 Å². The zero-order chi connectivity index (χ0) is 43.0. The van der Waals surface area contributed by atoms with Crippen molar-refractivity contribution < 1.29 is 71.8 Å². The van der Waals surface area contributed by atoms with Crippen molar-refractivity contribution >= 4 is 82.4 Å². The zero-order valence-corrected chi connectivity index (χ0v) is 35.2. The molecule has 0 radical (unpaired) electrons. The fourth-order valence-corrected chi connectivity index (χ4v) is 7.96. The van der Waals surface area contributed by atoms with Crippen LogP contribution in [-0.4, -0.2) is 136 Å². The Labute approximate surface area is 358 Å². The first kappa shape index (κ1) is 46.3. The van der Waals surface area contributed by atoms with Gasteiger partial charge in [-0.1, -0.05) is 84.2 Å². The van der Waals surface area contributed by atoms with Gasteiger partial charge in [0.25, 0.3) is 11.8 Å². The van der Waals surface area contributed by atoms with Gasteiger partial charge in [0, 0.05) is 20.8 Å². The molecular weight excluding hydrogens is 863 g/mol. The summed E-state index contributed by atoms with van der Waals surface area (Å²) in [5.41, 5.74) is -0.00648. The van der Waals surface area contributed by atoms with Crippen LogP contribution in [0.1, 0.15) is 54.0 Å². The van der Waals surface area contributed by atoms with Crippen LogP contribution >= 0.6 is 46.6 Å². The van der Waals surface area contributed by atoms with Gasteiger partial charge in [-0.05, 0) is 23.4 Å². The van der Waals surface area contributed by atoms with Crippen LogP contribution in [0.25, 0.3) is 0 Å². The van der Waals surface area contributed by atoms with Gasteiger partial charge in [0.15, 0.2) is 18.5 Å². The van der Waals surface area contributed by atoms with Gasteiger partial charge in [-0.3, -0.25) is 28.9 Å². The number of alkyl halides is 3. The van der Waals surface area contributed by atoms with Gasteiger partial charge in [0.1, 0.15) is 55.1 Å². The van der Waals surface area contributed by atoms with Crippen LogP contribution in [0.15, 0.2) is 54.6 Å². The maximum absolute atomic E-state index is 14.1. The predicted molar refractivity (Wildman–Crippen MR) is 209 cm³/mol. The highest BCUT2D eigenvalue weighted by Gasteiger charge is 2.58. The Morgan fingerprint density at radius 2 is 1.42 bits per heavy atom. The van der Waals surface area contributed by atoms with Crippen LogP contribution in [0.5, 0.6) is 0 Å². The molecule has 3 heterocycles. The first-order valence-electron chi connectivity index (χ1n) is 18.3. The molecule has 2 aromatic rings. The summed E-state index contributed by atoms with van der Waals surface area (Å²) in [5.74, 6) is -3.52. The number of imide groups is 1. The molecule has 2 N–H and O–H groups in total. The van der Waals surface area contributed by atoms with E-state index in [1.54, 1.807) is 12.1 Å². The van der Waals surface area contributed by atoms with Crippen molar-refractivity contribution in [3.63, 3.8) is 0 Å². The van der Waals surface area contributed by atoms with Crippen LogP contribution in [0.3, 0.4) is 0 Å². The molecule has 0 saturated carbocycles. The fourth-order valence-electron chi connectivity index (χ4n) is 6.77. The first-order valence-corrected chi connectivity index (χ1v) is 20.5. The SMILES string of the molecule is CCS[C@@H]1O[C@H](COCc2ccccc2)[C@@H](O)[C@H](O[C@@H]2O[C@H](COC(C)=O)[C@@H](OC(C)=O)[C@H](OC(C)=O)[C@H]2NC(=O)OCC(Cl)(Cl)Cl)[C@H]1N1C(=O)c2ccccc2C1=O. The number of nitrogens with one attached hydrogen (secondary N) is 1. The summed E-state index contributed by atoms with van der Waals surface area (Å²) in [6.45, 7) is 3.65. The monoisotopic (exact) mass is 904 g/mol. The molecule has 2 aromatic carbocycles. The summed E-state index contributed by atoms with van der Waals surface area (Å²) in [7, 11) is 0. The normalized spacial score (nSPS) is 28.0. The van der Waals surface area contributed by atoms with E-state index in [-0.39, 0.29) is 24.3 Å². The maximum Gasteiger partial charge on any atom is 0.407 e. The molecular formula is C38H43Cl3N2O15S. The number of fused-ring (bicyclic) bond motifs is 1. The Bertz CT molecular complexity index is 1800. The van der Waals surface area contributed by atoms with Crippen LogP contribution in [0, 0.1) is 0 Å². The van der Waals surface area contributed by atoms with Crippen LogP contribution in [0.4, 0.5) is 4.79 Å². The lowest BCUT2D eigenvalue weighted by molar-refractivity contribution is -0.311. The average molecular weight is 906 g/mol.